The number of anilines is 1. The lowest BCUT2D eigenvalue weighted by Crippen LogP contribution is -2.40. The fraction of sp³-hybridized carbons (Fsp3) is 0.136. The standard InChI is InChI=1S/C22H18ClF3N2O3S/c23-20-12-11-17(13-19(20)22(24,25)26)28(32(30,31)18-9-5-2-6-10-18)15-21(29)27-14-16-7-3-1-4-8-16/h1-13H,14-15H2,(H,27,29). The predicted molar refractivity (Wildman–Crippen MR) is 116 cm³/mol. The van der Waals surface area contributed by atoms with E-state index in [1.54, 1.807) is 36.4 Å². The van der Waals surface area contributed by atoms with Crippen LogP contribution in [0.3, 0.4) is 0 Å². The molecule has 168 valence electrons. The van der Waals surface area contributed by atoms with Gasteiger partial charge in [-0.15, -0.1) is 0 Å². The van der Waals surface area contributed by atoms with Crippen LogP contribution >= 0.6 is 11.6 Å². The molecule has 0 radical (unpaired) electrons. The van der Waals surface area contributed by atoms with Gasteiger partial charge >= 0.3 is 6.18 Å². The number of hydrogen-bond acceptors (Lipinski definition) is 3. The van der Waals surface area contributed by atoms with Crippen LogP contribution in [0.2, 0.25) is 5.02 Å². The van der Waals surface area contributed by atoms with Crippen LogP contribution in [-0.2, 0) is 27.5 Å². The van der Waals surface area contributed by atoms with E-state index < -0.39 is 39.2 Å². The molecule has 1 N–H and O–H groups in total. The summed E-state index contributed by atoms with van der Waals surface area (Å²) in [5.41, 5.74) is -0.751. The summed E-state index contributed by atoms with van der Waals surface area (Å²) in [4.78, 5) is 12.4. The van der Waals surface area contributed by atoms with Gasteiger partial charge in [0.15, 0.2) is 0 Å². The number of sulfonamides is 1. The highest BCUT2D eigenvalue weighted by molar-refractivity contribution is 7.92. The molecule has 3 aromatic carbocycles. The first kappa shape index (κ1) is 23.6. The van der Waals surface area contributed by atoms with Crippen molar-refractivity contribution in [3.63, 3.8) is 0 Å². The van der Waals surface area contributed by atoms with Gasteiger partial charge in [-0.2, -0.15) is 13.2 Å². The maximum atomic E-state index is 13.4. The Kier molecular flexibility index (Phi) is 7.10. The third-order valence-corrected chi connectivity index (χ3v) is 6.61. The zero-order chi connectivity index (χ0) is 23.4. The van der Waals surface area contributed by atoms with Crippen molar-refractivity contribution in [2.45, 2.75) is 17.6 Å². The van der Waals surface area contributed by atoms with Crippen LogP contribution in [-0.4, -0.2) is 20.9 Å². The Bertz CT molecular complexity index is 1190. The van der Waals surface area contributed by atoms with E-state index in [9.17, 15) is 26.4 Å². The second kappa shape index (κ2) is 9.62. The lowest BCUT2D eigenvalue weighted by atomic mass is 10.2. The Balaban J connectivity index is 1.96. The van der Waals surface area contributed by atoms with E-state index in [0.29, 0.717) is 10.4 Å². The molecule has 0 aromatic heterocycles. The van der Waals surface area contributed by atoms with Gasteiger partial charge < -0.3 is 5.32 Å². The minimum Gasteiger partial charge on any atom is -0.350 e. The highest BCUT2D eigenvalue weighted by Gasteiger charge is 2.35. The maximum Gasteiger partial charge on any atom is 0.417 e. The SMILES string of the molecule is O=C(CN(c1ccc(Cl)c(C(F)(F)F)c1)S(=O)(=O)c1ccccc1)NCc1ccccc1. The molecule has 0 saturated carbocycles. The van der Waals surface area contributed by atoms with Gasteiger partial charge in [0.05, 0.1) is 21.2 Å². The van der Waals surface area contributed by atoms with E-state index >= 15 is 0 Å². The minimum atomic E-state index is -4.80. The monoisotopic (exact) mass is 482 g/mol. The van der Waals surface area contributed by atoms with Gasteiger partial charge in [0.25, 0.3) is 10.0 Å². The Morgan fingerprint density at radius 2 is 1.53 bits per heavy atom. The van der Waals surface area contributed by atoms with E-state index in [1.165, 1.54) is 24.3 Å². The van der Waals surface area contributed by atoms with Crippen molar-refractivity contribution in [2.75, 3.05) is 10.8 Å². The number of nitrogens with one attached hydrogen (secondary N) is 1. The molecule has 0 saturated heterocycles. The van der Waals surface area contributed by atoms with E-state index in [0.717, 1.165) is 17.7 Å². The number of carbonyl (C=O) groups is 1. The summed E-state index contributed by atoms with van der Waals surface area (Å²) < 4.78 is 67.1. The summed E-state index contributed by atoms with van der Waals surface area (Å²) in [7, 11) is -4.35. The average Bonchev–Trinajstić information content (AvgIpc) is 2.77. The number of halogens is 4. The molecule has 0 atom stereocenters. The summed E-state index contributed by atoms with van der Waals surface area (Å²) in [6.07, 6.45) is -4.80. The molecule has 32 heavy (non-hydrogen) atoms. The number of alkyl halides is 3. The first-order valence-electron chi connectivity index (χ1n) is 9.34. The van der Waals surface area contributed by atoms with Crippen LogP contribution in [0, 0.1) is 0 Å². The zero-order valence-electron chi connectivity index (χ0n) is 16.5. The lowest BCUT2D eigenvalue weighted by Gasteiger charge is -2.25. The van der Waals surface area contributed by atoms with Crippen molar-refractivity contribution in [1.82, 2.24) is 5.32 Å². The Labute approximate surface area is 188 Å². The van der Waals surface area contributed by atoms with Crippen LogP contribution in [0.15, 0.2) is 83.8 Å². The van der Waals surface area contributed by atoms with Crippen LogP contribution in [0.4, 0.5) is 18.9 Å². The molecular formula is C22H18ClF3N2O3S. The normalized spacial score (nSPS) is 11.8. The van der Waals surface area contributed by atoms with Crippen molar-refractivity contribution in [3.05, 3.63) is 95.0 Å². The summed E-state index contributed by atoms with van der Waals surface area (Å²) in [5.74, 6) is -0.683. The molecule has 10 heteroatoms. The first-order valence-corrected chi connectivity index (χ1v) is 11.2. The topological polar surface area (TPSA) is 66.5 Å². The molecule has 1 amide bonds. The smallest absolute Gasteiger partial charge is 0.350 e. The quantitative estimate of drug-likeness (QED) is 0.522. The lowest BCUT2D eigenvalue weighted by molar-refractivity contribution is -0.137. The van der Waals surface area contributed by atoms with Gasteiger partial charge in [0.1, 0.15) is 6.54 Å². The molecule has 0 bridgehead atoms. The first-order chi connectivity index (χ1) is 15.1. The molecular weight excluding hydrogens is 465 g/mol. The molecule has 0 aliphatic carbocycles. The van der Waals surface area contributed by atoms with Gasteiger partial charge in [0.2, 0.25) is 5.91 Å². The van der Waals surface area contributed by atoms with Gasteiger partial charge in [-0.05, 0) is 35.9 Å². The molecule has 0 aliphatic rings. The van der Waals surface area contributed by atoms with Crippen LogP contribution < -0.4 is 9.62 Å². The second-order valence-corrected chi connectivity index (χ2v) is 9.02. The summed E-state index contributed by atoms with van der Waals surface area (Å²) in [6.45, 7) is -0.587. The van der Waals surface area contributed by atoms with Crippen molar-refractivity contribution in [1.29, 1.82) is 0 Å². The largest absolute Gasteiger partial charge is 0.417 e. The molecule has 5 nitrogen and oxygen atoms in total. The zero-order valence-corrected chi connectivity index (χ0v) is 18.1. The summed E-state index contributed by atoms with van der Waals surface area (Å²) in [6, 6.07) is 18.7. The van der Waals surface area contributed by atoms with Crippen molar-refractivity contribution >= 4 is 33.2 Å². The molecule has 0 fully saturated rings. The predicted octanol–water partition coefficient (Wildman–Crippen LogP) is 4.87. The van der Waals surface area contributed by atoms with Gasteiger partial charge in [-0.25, -0.2) is 8.42 Å². The summed E-state index contributed by atoms with van der Waals surface area (Å²) in [5, 5.41) is 2.01. The number of benzene rings is 3. The molecule has 0 unspecified atom stereocenters. The van der Waals surface area contributed by atoms with E-state index in [-0.39, 0.29) is 17.1 Å². The summed E-state index contributed by atoms with van der Waals surface area (Å²) >= 11 is 5.67. The highest BCUT2D eigenvalue weighted by atomic mass is 35.5. The van der Waals surface area contributed by atoms with Gasteiger partial charge in [-0.1, -0.05) is 60.1 Å². The average molecular weight is 483 g/mol. The highest BCUT2D eigenvalue weighted by Crippen LogP contribution is 2.37. The number of nitrogens with zero attached hydrogens (tertiary/aromatic N) is 1. The Morgan fingerprint density at radius 1 is 0.938 bits per heavy atom. The molecule has 3 aromatic rings. The van der Waals surface area contributed by atoms with E-state index in [4.69, 9.17) is 11.6 Å². The Morgan fingerprint density at radius 3 is 2.12 bits per heavy atom. The molecule has 0 aliphatic heterocycles. The van der Waals surface area contributed by atoms with E-state index in [1.807, 2.05) is 0 Å². The van der Waals surface area contributed by atoms with Crippen LogP contribution in [0.25, 0.3) is 0 Å². The van der Waals surface area contributed by atoms with Gasteiger partial charge in [-0.3, -0.25) is 9.10 Å². The molecule has 3 rings (SSSR count). The molecule has 0 spiro atoms. The number of hydrogen-bond donors (Lipinski definition) is 1. The number of carbonyl (C=O) groups excluding carboxylic acids is 1. The fourth-order valence-corrected chi connectivity index (χ4v) is 4.56. The molecule has 0 heterocycles. The third-order valence-electron chi connectivity index (χ3n) is 4.49. The third kappa shape index (κ3) is 5.60. The number of amides is 1. The van der Waals surface area contributed by atoms with E-state index in [2.05, 4.69) is 5.32 Å². The maximum absolute atomic E-state index is 13.4. The van der Waals surface area contributed by atoms with Crippen molar-refractivity contribution in [3.8, 4) is 0 Å². The Hall–Kier alpha value is -3.04. The van der Waals surface area contributed by atoms with Crippen molar-refractivity contribution < 1.29 is 26.4 Å². The fourth-order valence-electron chi connectivity index (χ4n) is 2.90. The van der Waals surface area contributed by atoms with Gasteiger partial charge in [0, 0.05) is 6.54 Å². The van der Waals surface area contributed by atoms with Crippen LogP contribution in [0.5, 0.6) is 0 Å². The number of rotatable bonds is 7. The second-order valence-electron chi connectivity index (χ2n) is 6.75. The minimum absolute atomic E-state index is 0.132. The van der Waals surface area contributed by atoms with Crippen molar-refractivity contribution in [2.24, 2.45) is 0 Å². The van der Waals surface area contributed by atoms with Crippen LogP contribution in [0.1, 0.15) is 11.1 Å².